The minimum Gasteiger partial charge on any atom is -0.335 e. The molecule has 23 heavy (non-hydrogen) atoms. The average Bonchev–Trinajstić information content (AvgIpc) is 3.35. The van der Waals surface area contributed by atoms with Crippen molar-refractivity contribution in [2.24, 2.45) is 5.92 Å². The maximum Gasteiger partial charge on any atom is 0.254 e. The number of carbonyl (C=O) groups excluding carboxylic acids is 1. The molecule has 0 bridgehead atoms. The molecule has 2 aliphatic rings. The van der Waals surface area contributed by atoms with E-state index in [1.807, 2.05) is 24.3 Å². The van der Waals surface area contributed by atoms with E-state index in [4.69, 9.17) is 0 Å². The van der Waals surface area contributed by atoms with Crippen LogP contribution in [0.1, 0.15) is 48.9 Å². The van der Waals surface area contributed by atoms with Crippen LogP contribution >= 0.6 is 0 Å². The fraction of sp³-hybridized carbons (Fsp3) is 0.500. The lowest BCUT2D eigenvalue weighted by atomic mass is 9.95. The van der Waals surface area contributed by atoms with Crippen LogP contribution in [0.4, 0.5) is 0 Å². The van der Waals surface area contributed by atoms with Crippen LogP contribution in [0.2, 0.25) is 0 Å². The topological polar surface area (TPSA) is 51.0 Å². The summed E-state index contributed by atoms with van der Waals surface area (Å²) in [4.78, 5) is 19.0. The second-order valence-electron chi connectivity index (χ2n) is 6.64. The molecule has 0 spiro atoms. The maximum atomic E-state index is 12.9. The molecule has 1 amide bonds. The lowest BCUT2D eigenvalue weighted by Crippen LogP contribution is -2.39. The molecule has 1 saturated heterocycles. The van der Waals surface area contributed by atoms with E-state index in [1.165, 1.54) is 38.4 Å². The monoisotopic (exact) mass is 310 g/mol. The first-order valence-corrected chi connectivity index (χ1v) is 8.59. The number of carbonyl (C=O) groups is 1. The van der Waals surface area contributed by atoms with Gasteiger partial charge in [0.2, 0.25) is 0 Å². The van der Waals surface area contributed by atoms with E-state index in [0.717, 1.165) is 30.1 Å². The van der Waals surface area contributed by atoms with Crippen LogP contribution in [0.25, 0.3) is 5.69 Å². The molecule has 1 saturated carbocycles. The van der Waals surface area contributed by atoms with Crippen LogP contribution in [0.3, 0.4) is 0 Å². The van der Waals surface area contributed by atoms with Gasteiger partial charge in [-0.15, -0.1) is 0 Å². The third-order valence-corrected chi connectivity index (χ3v) is 5.30. The number of benzene rings is 1. The van der Waals surface area contributed by atoms with Gasteiger partial charge in [0.15, 0.2) is 0 Å². The molecule has 4 rings (SSSR count). The minimum atomic E-state index is 0.185. The highest BCUT2D eigenvalue weighted by Crippen LogP contribution is 2.36. The molecular formula is C18H22N4O. The van der Waals surface area contributed by atoms with Crippen LogP contribution in [-0.4, -0.2) is 38.2 Å². The molecule has 1 aromatic carbocycles. The van der Waals surface area contributed by atoms with Crippen molar-refractivity contribution in [1.82, 2.24) is 19.7 Å². The zero-order chi connectivity index (χ0) is 15.6. The number of nitrogens with zero attached hydrogens (tertiary/aromatic N) is 4. The van der Waals surface area contributed by atoms with Crippen LogP contribution in [0, 0.1) is 5.92 Å². The summed E-state index contributed by atoms with van der Waals surface area (Å²) in [5.41, 5.74) is 1.70. The molecule has 2 heterocycles. The van der Waals surface area contributed by atoms with Gasteiger partial charge in [0.1, 0.15) is 12.7 Å². The summed E-state index contributed by atoms with van der Waals surface area (Å²) < 4.78 is 1.70. The van der Waals surface area contributed by atoms with Gasteiger partial charge in [0.25, 0.3) is 5.91 Å². The summed E-state index contributed by atoms with van der Waals surface area (Å²) >= 11 is 0. The Hall–Kier alpha value is -2.17. The van der Waals surface area contributed by atoms with Crippen molar-refractivity contribution in [3.8, 4) is 5.69 Å². The molecular weight excluding hydrogens is 288 g/mol. The number of amides is 1. The van der Waals surface area contributed by atoms with Gasteiger partial charge in [-0.05, 0) is 55.9 Å². The molecule has 2 aromatic rings. The molecule has 1 unspecified atom stereocenters. The Morgan fingerprint density at radius 3 is 2.52 bits per heavy atom. The Morgan fingerprint density at radius 2 is 1.83 bits per heavy atom. The van der Waals surface area contributed by atoms with E-state index < -0.39 is 0 Å². The predicted octanol–water partition coefficient (Wildman–Crippen LogP) is 3.06. The van der Waals surface area contributed by atoms with Gasteiger partial charge in [-0.25, -0.2) is 9.67 Å². The summed E-state index contributed by atoms with van der Waals surface area (Å²) in [6.45, 7) is 0.908. The van der Waals surface area contributed by atoms with Gasteiger partial charge >= 0.3 is 0 Å². The van der Waals surface area contributed by atoms with Gasteiger partial charge in [-0.2, -0.15) is 5.10 Å². The molecule has 1 atom stereocenters. The zero-order valence-electron chi connectivity index (χ0n) is 13.3. The third-order valence-electron chi connectivity index (χ3n) is 5.30. The maximum absolute atomic E-state index is 12.9. The van der Waals surface area contributed by atoms with Crippen LogP contribution in [-0.2, 0) is 0 Å². The van der Waals surface area contributed by atoms with Crippen molar-refractivity contribution in [3.63, 3.8) is 0 Å². The summed E-state index contributed by atoms with van der Waals surface area (Å²) in [6, 6.07) is 8.14. The van der Waals surface area contributed by atoms with Crippen molar-refractivity contribution in [2.45, 2.75) is 44.6 Å². The summed E-state index contributed by atoms with van der Waals surface area (Å²) in [6.07, 6.45) is 10.7. The summed E-state index contributed by atoms with van der Waals surface area (Å²) in [7, 11) is 0. The largest absolute Gasteiger partial charge is 0.335 e. The normalized spacial score (nSPS) is 21.9. The molecule has 120 valence electrons. The van der Waals surface area contributed by atoms with Crippen molar-refractivity contribution < 1.29 is 4.79 Å². The van der Waals surface area contributed by atoms with Gasteiger partial charge in [0, 0.05) is 18.2 Å². The SMILES string of the molecule is O=C(c1ccc(-n2cncn2)cc1)N1CCCC1C1CCCC1. The van der Waals surface area contributed by atoms with Crippen molar-refractivity contribution >= 4 is 5.91 Å². The second kappa shape index (κ2) is 6.14. The first-order chi connectivity index (χ1) is 11.3. The van der Waals surface area contributed by atoms with E-state index in [0.29, 0.717) is 6.04 Å². The summed E-state index contributed by atoms with van der Waals surface area (Å²) in [5.74, 6) is 0.903. The van der Waals surface area contributed by atoms with E-state index in [2.05, 4.69) is 15.0 Å². The Labute approximate surface area is 136 Å². The van der Waals surface area contributed by atoms with Crippen LogP contribution in [0.15, 0.2) is 36.9 Å². The van der Waals surface area contributed by atoms with Crippen LogP contribution < -0.4 is 0 Å². The minimum absolute atomic E-state index is 0.185. The van der Waals surface area contributed by atoms with E-state index in [1.54, 1.807) is 11.0 Å². The van der Waals surface area contributed by atoms with E-state index in [9.17, 15) is 4.79 Å². The predicted molar refractivity (Wildman–Crippen MR) is 87.4 cm³/mol. The van der Waals surface area contributed by atoms with E-state index in [-0.39, 0.29) is 5.91 Å². The molecule has 0 N–H and O–H groups in total. The summed E-state index contributed by atoms with van der Waals surface area (Å²) in [5, 5.41) is 4.11. The number of rotatable bonds is 3. The lowest BCUT2D eigenvalue weighted by molar-refractivity contribution is 0.0689. The Bertz CT molecular complexity index is 659. The molecule has 2 fully saturated rings. The Morgan fingerprint density at radius 1 is 1.04 bits per heavy atom. The average molecular weight is 310 g/mol. The number of likely N-dealkylation sites (tertiary alicyclic amines) is 1. The molecule has 1 aliphatic heterocycles. The van der Waals surface area contributed by atoms with Crippen LogP contribution in [0.5, 0.6) is 0 Å². The van der Waals surface area contributed by atoms with Crippen molar-refractivity contribution in [2.75, 3.05) is 6.54 Å². The first kappa shape index (κ1) is 14.4. The van der Waals surface area contributed by atoms with Gasteiger partial charge in [-0.3, -0.25) is 4.79 Å². The number of aromatic nitrogens is 3. The molecule has 5 heteroatoms. The van der Waals surface area contributed by atoms with Gasteiger partial charge < -0.3 is 4.90 Å². The molecule has 1 aromatic heterocycles. The molecule has 1 aliphatic carbocycles. The lowest BCUT2D eigenvalue weighted by Gasteiger charge is -2.29. The Kier molecular flexibility index (Phi) is 3.85. The van der Waals surface area contributed by atoms with Gasteiger partial charge in [0.05, 0.1) is 5.69 Å². The first-order valence-electron chi connectivity index (χ1n) is 8.59. The van der Waals surface area contributed by atoms with Gasteiger partial charge in [-0.1, -0.05) is 12.8 Å². The number of hydrogen-bond donors (Lipinski definition) is 0. The molecule has 0 radical (unpaired) electrons. The van der Waals surface area contributed by atoms with Crippen molar-refractivity contribution in [1.29, 1.82) is 0 Å². The smallest absolute Gasteiger partial charge is 0.254 e. The third kappa shape index (κ3) is 2.76. The molecule has 5 nitrogen and oxygen atoms in total. The second-order valence-corrected chi connectivity index (χ2v) is 6.64. The van der Waals surface area contributed by atoms with E-state index >= 15 is 0 Å². The fourth-order valence-electron chi connectivity index (χ4n) is 4.14. The number of hydrogen-bond acceptors (Lipinski definition) is 3. The standard InChI is InChI=1S/C18H22N4O/c23-18(21-11-3-6-17(21)14-4-1-2-5-14)15-7-9-16(10-8-15)22-13-19-12-20-22/h7-10,12-14,17H,1-6,11H2. The highest BCUT2D eigenvalue weighted by Gasteiger charge is 2.36. The zero-order valence-corrected chi connectivity index (χ0v) is 13.3. The highest BCUT2D eigenvalue weighted by atomic mass is 16.2. The quantitative estimate of drug-likeness (QED) is 0.875. The fourth-order valence-corrected chi connectivity index (χ4v) is 4.14. The van der Waals surface area contributed by atoms with Crippen molar-refractivity contribution in [3.05, 3.63) is 42.5 Å². The Balaban J connectivity index is 1.51. The highest BCUT2D eigenvalue weighted by molar-refractivity contribution is 5.94.